The van der Waals surface area contributed by atoms with Gasteiger partial charge in [0.25, 0.3) is 0 Å². The minimum absolute atomic E-state index is 0.0318. The summed E-state index contributed by atoms with van der Waals surface area (Å²) in [6, 6.07) is 17.0. The van der Waals surface area contributed by atoms with Crippen LogP contribution < -0.4 is 20.9 Å². The van der Waals surface area contributed by atoms with Crippen molar-refractivity contribution in [3.63, 3.8) is 0 Å². The number of nitrogens with zero attached hydrogens (tertiary/aromatic N) is 3. The summed E-state index contributed by atoms with van der Waals surface area (Å²) in [6.07, 6.45) is 0.209. The van der Waals surface area contributed by atoms with Gasteiger partial charge in [-0.25, -0.2) is 4.98 Å². The Morgan fingerprint density at radius 2 is 1.73 bits per heavy atom. The molecule has 0 spiro atoms. The molecule has 1 aliphatic heterocycles. The van der Waals surface area contributed by atoms with E-state index in [1.54, 1.807) is 4.90 Å². The van der Waals surface area contributed by atoms with Gasteiger partial charge in [0.1, 0.15) is 5.82 Å². The number of benzene rings is 2. The summed E-state index contributed by atoms with van der Waals surface area (Å²) in [4.78, 5) is 35.7. The average Bonchev–Trinajstić information content (AvgIpc) is 3.17. The van der Waals surface area contributed by atoms with Crippen LogP contribution in [0.25, 0.3) is 0 Å². The first kappa shape index (κ1) is 22.3. The molecule has 0 bridgehead atoms. The first-order valence-electron chi connectivity index (χ1n) is 11.1. The van der Waals surface area contributed by atoms with Crippen molar-refractivity contribution in [2.45, 2.75) is 27.2 Å². The quantitative estimate of drug-likeness (QED) is 0.504. The van der Waals surface area contributed by atoms with E-state index in [1.165, 1.54) is 0 Å². The first-order chi connectivity index (χ1) is 15.9. The molecule has 0 aliphatic carbocycles. The van der Waals surface area contributed by atoms with Crippen molar-refractivity contribution in [3.05, 3.63) is 65.9 Å². The summed E-state index contributed by atoms with van der Waals surface area (Å²) in [7, 11) is 0. The lowest BCUT2D eigenvalue weighted by Crippen LogP contribution is -2.28. The zero-order valence-corrected chi connectivity index (χ0v) is 19.1. The number of rotatable bonds is 7. The van der Waals surface area contributed by atoms with Crippen LogP contribution in [0.15, 0.2) is 54.6 Å². The molecule has 0 radical (unpaired) electrons. The highest BCUT2D eigenvalue weighted by Gasteiger charge is 2.35. The van der Waals surface area contributed by atoms with E-state index in [2.05, 4.69) is 25.9 Å². The number of amides is 2. The number of aromatic nitrogens is 2. The molecular formula is C25H28N6O2. The maximum absolute atomic E-state index is 12.8. The number of nitrogens with one attached hydrogen (secondary N) is 3. The molecule has 2 amide bonds. The fourth-order valence-electron chi connectivity index (χ4n) is 3.76. The fraction of sp³-hybridized carbons (Fsp3) is 0.280. The number of carbonyl (C=O) groups excluding carboxylic acids is 2. The zero-order valence-electron chi connectivity index (χ0n) is 19.1. The van der Waals surface area contributed by atoms with E-state index in [0.29, 0.717) is 24.0 Å². The standard InChI is InChI=1S/C25H28N6O2/c1-4-26-25-27-17(3)13-22(30-25)28-19-7-9-20(10-8-19)29-24(33)18-14-23(32)31(15-18)21-11-5-16(2)6-12-21/h5-13,18H,4,14-15H2,1-3H3,(H,29,33)(H2,26,27,28,30). The molecular weight excluding hydrogens is 416 g/mol. The van der Waals surface area contributed by atoms with Crippen LogP contribution in [0.1, 0.15) is 24.6 Å². The number of aryl methyl sites for hydroxylation is 2. The second-order valence-corrected chi connectivity index (χ2v) is 8.18. The lowest BCUT2D eigenvalue weighted by Gasteiger charge is -2.17. The number of hydrogen-bond acceptors (Lipinski definition) is 6. The smallest absolute Gasteiger partial charge is 0.229 e. The maximum Gasteiger partial charge on any atom is 0.229 e. The van der Waals surface area contributed by atoms with Crippen molar-refractivity contribution in [2.75, 3.05) is 33.9 Å². The van der Waals surface area contributed by atoms with Crippen LogP contribution in [0.5, 0.6) is 0 Å². The van der Waals surface area contributed by atoms with Crippen molar-refractivity contribution in [3.8, 4) is 0 Å². The van der Waals surface area contributed by atoms with Crippen LogP contribution >= 0.6 is 0 Å². The molecule has 2 aromatic carbocycles. The predicted octanol–water partition coefficient (Wildman–Crippen LogP) is 4.26. The second-order valence-electron chi connectivity index (χ2n) is 8.18. The summed E-state index contributed by atoms with van der Waals surface area (Å²) in [5.41, 5.74) is 4.34. The molecule has 3 N–H and O–H groups in total. The van der Waals surface area contributed by atoms with Crippen molar-refractivity contribution in [1.82, 2.24) is 9.97 Å². The van der Waals surface area contributed by atoms with Gasteiger partial charge in [0.2, 0.25) is 17.8 Å². The second kappa shape index (κ2) is 9.68. The lowest BCUT2D eigenvalue weighted by molar-refractivity contribution is -0.122. The minimum atomic E-state index is -0.384. The molecule has 1 aromatic heterocycles. The van der Waals surface area contributed by atoms with Crippen molar-refractivity contribution in [2.24, 2.45) is 5.92 Å². The van der Waals surface area contributed by atoms with Crippen LogP contribution in [0.4, 0.5) is 28.8 Å². The van der Waals surface area contributed by atoms with Gasteiger partial charge in [-0.15, -0.1) is 0 Å². The van der Waals surface area contributed by atoms with Gasteiger partial charge in [-0.3, -0.25) is 9.59 Å². The van der Waals surface area contributed by atoms with Gasteiger partial charge in [-0.1, -0.05) is 17.7 Å². The normalized spacial score (nSPS) is 15.4. The lowest BCUT2D eigenvalue weighted by atomic mass is 10.1. The molecule has 1 aliphatic rings. The molecule has 1 fully saturated rings. The predicted molar refractivity (Wildman–Crippen MR) is 131 cm³/mol. The highest BCUT2D eigenvalue weighted by molar-refractivity contribution is 6.03. The Morgan fingerprint density at radius 3 is 2.42 bits per heavy atom. The monoisotopic (exact) mass is 444 g/mol. The van der Waals surface area contributed by atoms with E-state index in [4.69, 9.17) is 0 Å². The number of hydrogen-bond donors (Lipinski definition) is 3. The molecule has 170 valence electrons. The Bertz CT molecular complexity index is 1140. The highest BCUT2D eigenvalue weighted by atomic mass is 16.2. The molecule has 8 heteroatoms. The average molecular weight is 445 g/mol. The van der Waals surface area contributed by atoms with Crippen LogP contribution in [-0.4, -0.2) is 34.9 Å². The third kappa shape index (κ3) is 5.46. The molecule has 1 unspecified atom stereocenters. The molecule has 4 rings (SSSR count). The summed E-state index contributed by atoms with van der Waals surface area (Å²) in [5, 5.41) is 9.30. The van der Waals surface area contributed by atoms with Gasteiger partial charge < -0.3 is 20.9 Å². The van der Waals surface area contributed by atoms with Crippen molar-refractivity contribution < 1.29 is 9.59 Å². The van der Waals surface area contributed by atoms with E-state index in [1.807, 2.05) is 75.4 Å². The molecule has 0 saturated carbocycles. The number of carbonyl (C=O) groups is 2. The van der Waals surface area contributed by atoms with Gasteiger partial charge in [-0.05, 0) is 57.2 Å². The van der Waals surface area contributed by atoms with E-state index >= 15 is 0 Å². The third-order valence-electron chi connectivity index (χ3n) is 5.46. The zero-order chi connectivity index (χ0) is 23.4. The fourth-order valence-corrected chi connectivity index (χ4v) is 3.76. The molecule has 33 heavy (non-hydrogen) atoms. The molecule has 2 heterocycles. The van der Waals surface area contributed by atoms with E-state index < -0.39 is 0 Å². The van der Waals surface area contributed by atoms with Crippen LogP contribution in [0.3, 0.4) is 0 Å². The summed E-state index contributed by atoms with van der Waals surface area (Å²) < 4.78 is 0. The molecule has 3 aromatic rings. The van der Waals surface area contributed by atoms with Gasteiger partial charge in [0, 0.05) is 48.3 Å². The molecule has 8 nitrogen and oxygen atoms in total. The van der Waals surface area contributed by atoms with Crippen LogP contribution in [0.2, 0.25) is 0 Å². The minimum Gasteiger partial charge on any atom is -0.354 e. The van der Waals surface area contributed by atoms with Crippen molar-refractivity contribution >= 4 is 40.6 Å². The maximum atomic E-state index is 12.8. The Kier molecular flexibility index (Phi) is 6.53. The largest absolute Gasteiger partial charge is 0.354 e. The first-order valence-corrected chi connectivity index (χ1v) is 11.1. The van der Waals surface area contributed by atoms with Crippen LogP contribution in [0, 0.1) is 19.8 Å². The summed E-state index contributed by atoms with van der Waals surface area (Å²) >= 11 is 0. The Hall–Kier alpha value is -3.94. The summed E-state index contributed by atoms with van der Waals surface area (Å²) in [6.45, 7) is 7.04. The highest BCUT2D eigenvalue weighted by Crippen LogP contribution is 2.27. The van der Waals surface area contributed by atoms with Gasteiger partial charge in [0.05, 0.1) is 5.92 Å². The third-order valence-corrected chi connectivity index (χ3v) is 5.46. The van der Waals surface area contributed by atoms with E-state index in [0.717, 1.165) is 29.2 Å². The van der Waals surface area contributed by atoms with Gasteiger partial charge in [-0.2, -0.15) is 4.98 Å². The van der Waals surface area contributed by atoms with Gasteiger partial charge in [0.15, 0.2) is 0 Å². The van der Waals surface area contributed by atoms with E-state index in [-0.39, 0.29) is 24.2 Å². The van der Waals surface area contributed by atoms with Crippen LogP contribution in [-0.2, 0) is 9.59 Å². The molecule has 1 saturated heterocycles. The number of anilines is 5. The SMILES string of the molecule is CCNc1nc(C)cc(Nc2ccc(NC(=O)C3CC(=O)N(c4ccc(C)cc4)C3)cc2)n1. The Morgan fingerprint density at radius 1 is 1.03 bits per heavy atom. The van der Waals surface area contributed by atoms with Crippen molar-refractivity contribution in [1.29, 1.82) is 0 Å². The Balaban J connectivity index is 1.36. The Labute approximate surface area is 193 Å². The van der Waals surface area contributed by atoms with E-state index in [9.17, 15) is 9.59 Å². The van der Waals surface area contributed by atoms with Gasteiger partial charge >= 0.3 is 0 Å². The topological polar surface area (TPSA) is 99.2 Å². The molecule has 1 atom stereocenters. The summed E-state index contributed by atoms with van der Waals surface area (Å²) in [5.74, 6) is 0.701.